The van der Waals surface area contributed by atoms with E-state index < -0.39 is 0 Å². The van der Waals surface area contributed by atoms with Gasteiger partial charge in [-0.15, -0.1) is 0 Å². The first kappa shape index (κ1) is 14.2. The van der Waals surface area contributed by atoms with Gasteiger partial charge in [0, 0.05) is 26.2 Å². The van der Waals surface area contributed by atoms with Crippen molar-refractivity contribution in [2.75, 3.05) is 37.0 Å². The zero-order valence-corrected chi connectivity index (χ0v) is 12.8. The number of methoxy groups -OCH3 is 1. The molecule has 0 radical (unpaired) electrons. The number of hydrogen-bond acceptors (Lipinski definition) is 6. The number of rotatable bonds is 2. The van der Waals surface area contributed by atoms with Crippen LogP contribution in [-0.4, -0.2) is 48.3 Å². The minimum atomic E-state index is -0.0892. The summed E-state index contributed by atoms with van der Waals surface area (Å²) in [4.78, 5) is 21.0. The fourth-order valence-electron chi connectivity index (χ4n) is 2.49. The van der Waals surface area contributed by atoms with Crippen molar-refractivity contribution in [3.05, 3.63) is 35.7 Å². The Hall–Kier alpha value is -2.70. The van der Waals surface area contributed by atoms with Crippen molar-refractivity contribution in [2.24, 2.45) is 0 Å². The highest BCUT2D eigenvalue weighted by atomic mass is 16.5. The van der Waals surface area contributed by atoms with Crippen molar-refractivity contribution in [3.63, 3.8) is 0 Å². The Bertz CT molecular complexity index is 719. The molecule has 2 aromatic rings. The maximum atomic E-state index is 12.8. The second-order valence-electron chi connectivity index (χ2n) is 5.10. The summed E-state index contributed by atoms with van der Waals surface area (Å²) in [5, 5.41) is 7.74. The lowest BCUT2D eigenvalue weighted by Crippen LogP contribution is -2.43. The number of aromatic nitrogens is 3. The quantitative estimate of drug-likeness (QED) is 0.832. The van der Waals surface area contributed by atoms with E-state index in [9.17, 15) is 4.79 Å². The average molecular weight is 299 g/mol. The van der Waals surface area contributed by atoms with Gasteiger partial charge in [0.05, 0.1) is 30.3 Å². The molecule has 0 fully saturated rings. The second kappa shape index (κ2) is 5.59. The van der Waals surface area contributed by atoms with Crippen molar-refractivity contribution in [3.8, 4) is 5.88 Å². The SMILES string of the molecule is COc1ccc2c(n1)N(C)CCN2C(=O)c1ccnnc1C. The molecule has 7 nitrogen and oxygen atoms in total. The monoisotopic (exact) mass is 299 g/mol. The molecule has 3 rings (SSSR count). The number of carbonyl (C=O) groups is 1. The Morgan fingerprint density at radius 1 is 1.27 bits per heavy atom. The van der Waals surface area contributed by atoms with Crippen LogP contribution < -0.4 is 14.5 Å². The molecule has 1 amide bonds. The van der Waals surface area contributed by atoms with Crippen LogP contribution >= 0.6 is 0 Å². The van der Waals surface area contributed by atoms with Crippen LogP contribution in [0.1, 0.15) is 16.1 Å². The van der Waals surface area contributed by atoms with E-state index in [1.54, 1.807) is 31.1 Å². The fraction of sp³-hybridized carbons (Fsp3) is 0.333. The van der Waals surface area contributed by atoms with Gasteiger partial charge in [0.25, 0.3) is 5.91 Å². The van der Waals surface area contributed by atoms with E-state index in [0.29, 0.717) is 30.2 Å². The molecule has 0 bridgehead atoms. The predicted octanol–water partition coefficient (Wildman–Crippen LogP) is 1.29. The van der Waals surface area contributed by atoms with Crippen molar-refractivity contribution in [1.29, 1.82) is 0 Å². The molecule has 114 valence electrons. The molecule has 0 N–H and O–H groups in total. The number of anilines is 2. The summed E-state index contributed by atoms with van der Waals surface area (Å²) < 4.78 is 5.17. The van der Waals surface area contributed by atoms with Gasteiger partial charge in [0.2, 0.25) is 5.88 Å². The van der Waals surface area contributed by atoms with Crippen molar-refractivity contribution >= 4 is 17.4 Å². The maximum absolute atomic E-state index is 12.8. The van der Waals surface area contributed by atoms with E-state index >= 15 is 0 Å². The second-order valence-corrected chi connectivity index (χ2v) is 5.10. The number of hydrogen-bond donors (Lipinski definition) is 0. The van der Waals surface area contributed by atoms with Crippen LogP contribution in [-0.2, 0) is 0 Å². The highest BCUT2D eigenvalue weighted by molar-refractivity contribution is 6.08. The van der Waals surface area contributed by atoms with E-state index in [1.165, 1.54) is 6.20 Å². The first-order valence-corrected chi connectivity index (χ1v) is 6.98. The van der Waals surface area contributed by atoms with Gasteiger partial charge in [-0.05, 0) is 19.1 Å². The number of carbonyl (C=O) groups excluding carboxylic acids is 1. The summed E-state index contributed by atoms with van der Waals surface area (Å²) in [5.74, 6) is 1.17. The van der Waals surface area contributed by atoms with Crippen LogP contribution in [0.5, 0.6) is 5.88 Å². The maximum Gasteiger partial charge on any atom is 0.260 e. The van der Waals surface area contributed by atoms with Gasteiger partial charge in [-0.2, -0.15) is 15.2 Å². The van der Waals surface area contributed by atoms with E-state index in [1.807, 2.05) is 18.0 Å². The van der Waals surface area contributed by atoms with Crippen LogP contribution in [0.2, 0.25) is 0 Å². The smallest absolute Gasteiger partial charge is 0.260 e. The third kappa shape index (κ3) is 2.34. The molecule has 0 saturated carbocycles. The molecular weight excluding hydrogens is 282 g/mol. The van der Waals surface area contributed by atoms with Gasteiger partial charge < -0.3 is 14.5 Å². The molecule has 0 aromatic carbocycles. The first-order valence-electron chi connectivity index (χ1n) is 6.98. The lowest BCUT2D eigenvalue weighted by atomic mass is 10.1. The van der Waals surface area contributed by atoms with Gasteiger partial charge in [0.15, 0.2) is 5.82 Å². The highest BCUT2D eigenvalue weighted by Gasteiger charge is 2.28. The molecule has 0 aliphatic carbocycles. The molecular formula is C15H17N5O2. The summed E-state index contributed by atoms with van der Waals surface area (Å²) in [6, 6.07) is 5.31. The van der Waals surface area contributed by atoms with E-state index in [0.717, 1.165) is 11.5 Å². The Balaban J connectivity index is 2.02. The zero-order chi connectivity index (χ0) is 15.7. The molecule has 1 aliphatic heterocycles. The summed E-state index contributed by atoms with van der Waals surface area (Å²) >= 11 is 0. The number of ether oxygens (including phenoxy) is 1. The van der Waals surface area contributed by atoms with E-state index in [-0.39, 0.29) is 5.91 Å². The summed E-state index contributed by atoms with van der Waals surface area (Å²) in [5.41, 5.74) is 1.95. The van der Waals surface area contributed by atoms with Gasteiger partial charge in [-0.25, -0.2) is 0 Å². The molecule has 0 spiro atoms. The molecule has 1 aliphatic rings. The lowest BCUT2D eigenvalue weighted by molar-refractivity contribution is 0.0985. The largest absolute Gasteiger partial charge is 0.481 e. The van der Waals surface area contributed by atoms with Gasteiger partial charge in [-0.1, -0.05) is 0 Å². The van der Waals surface area contributed by atoms with Crippen LogP contribution in [0, 0.1) is 6.92 Å². The topological polar surface area (TPSA) is 71.5 Å². The standard InChI is InChI=1S/C15H17N5O2/c1-10-11(6-7-16-18-10)15(21)20-9-8-19(2)14-12(20)4-5-13(17-14)22-3/h4-7H,8-9H2,1-3H3. The van der Waals surface area contributed by atoms with Gasteiger partial charge >= 0.3 is 0 Å². The normalized spacial score (nSPS) is 13.8. The number of pyridine rings is 1. The lowest BCUT2D eigenvalue weighted by Gasteiger charge is -2.34. The number of amides is 1. The summed E-state index contributed by atoms with van der Waals surface area (Å²) in [6.45, 7) is 3.08. The molecule has 2 aromatic heterocycles. The van der Waals surface area contributed by atoms with Crippen LogP contribution in [0.15, 0.2) is 24.4 Å². The number of nitrogens with zero attached hydrogens (tertiary/aromatic N) is 5. The predicted molar refractivity (Wildman–Crippen MR) is 82.5 cm³/mol. The number of likely N-dealkylation sites (N-methyl/N-ethyl adjacent to an activating group) is 1. The molecule has 0 saturated heterocycles. The number of fused-ring (bicyclic) bond motifs is 1. The van der Waals surface area contributed by atoms with Crippen molar-refractivity contribution in [1.82, 2.24) is 15.2 Å². The van der Waals surface area contributed by atoms with Crippen molar-refractivity contribution < 1.29 is 9.53 Å². The van der Waals surface area contributed by atoms with Gasteiger partial charge in [-0.3, -0.25) is 4.79 Å². The third-order valence-corrected chi connectivity index (χ3v) is 3.73. The Morgan fingerprint density at radius 2 is 2.09 bits per heavy atom. The average Bonchev–Trinajstić information content (AvgIpc) is 2.55. The highest BCUT2D eigenvalue weighted by Crippen LogP contribution is 2.33. The van der Waals surface area contributed by atoms with E-state index in [2.05, 4.69) is 15.2 Å². The third-order valence-electron chi connectivity index (χ3n) is 3.73. The number of aryl methyl sites for hydroxylation is 1. The Morgan fingerprint density at radius 3 is 2.82 bits per heavy atom. The zero-order valence-electron chi connectivity index (χ0n) is 12.8. The van der Waals surface area contributed by atoms with Crippen LogP contribution in [0.4, 0.5) is 11.5 Å². The summed E-state index contributed by atoms with van der Waals surface area (Å²) in [7, 11) is 3.53. The van der Waals surface area contributed by atoms with Crippen LogP contribution in [0.3, 0.4) is 0 Å². The molecule has 7 heteroatoms. The molecule has 3 heterocycles. The van der Waals surface area contributed by atoms with Gasteiger partial charge in [0.1, 0.15) is 0 Å². The minimum absolute atomic E-state index is 0.0892. The van der Waals surface area contributed by atoms with Crippen molar-refractivity contribution in [2.45, 2.75) is 6.92 Å². The first-order chi connectivity index (χ1) is 10.6. The van der Waals surface area contributed by atoms with Crippen LogP contribution in [0.25, 0.3) is 0 Å². The molecule has 0 atom stereocenters. The Kier molecular flexibility index (Phi) is 3.62. The minimum Gasteiger partial charge on any atom is -0.481 e. The molecule has 0 unspecified atom stereocenters. The Labute approximate surface area is 128 Å². The fourth-order valence-corrected chi connectivity index (χ4v) is 2.49. The van der Waals surface area contributed by atoms with E-state index in [4.69, 9.17) is 4.74 Å². The molecule has 22 heavy (non-hydrogen) atoms. The summed E-state index contributed by atoms with van der Waals surface area (Å²) in [6.07, 6.45) is 1.53.